The topological polar surface area (TPSA) is 120 Å². The van der Waals surface area contributed by atoms with Crippen LogP contribution in [0.1, 0.15) is 20.8 Å². The third-order valence-corrected chi connectivity index (χ3v) is 0. The summed E-state index contributed by atoms with van der Waals surface area (Å²) in [6.45, 7) is 2.92. The maximum Gasteiger partial charge on any atom is 2.00 e. The Balaban J connectivity index is -0.0000000270. The third kappa shape index (κ3) is 19900. The molecule has 8 heteroatoms. The first-order valence-electron chi connectivity index (χ1n) is 2.72. The minimum atomic E-state index is -1.08. The van der Waals surface area contributed by atoms with Crippen LogP contribution < -0.4 is 15.3 Å². The summed E-state index contributed by atoms with van der Waals surface area (Å²) in [5.41, 5.74) is 0. The first-order valence-corrected chi connectivity index (χ1v) is 2.72. The smallest absolute Gasteiger partial charge is 0.550 e. The van der Waals surface area contributed by atoms with Crippen molar-refractivity contribution in [1.29, 1.82) is 0 Å². The van der Waals surface area contributed by atoms with Crippen molar-refractivity contribution in [1.82, 2.24) is 0 Å². The van der Waals surface area contributed by atoms with Crippen LogP contribution in [0, 0.1) is 0 Å². The molecule has 0 aromatic carbocycles. The molecule has 0 aliphatic rings. The molecule has 0 aromatic heterocycles. The van der Waals surface area contributed by atoms with Gasteiger partial charge in [0.15, 0.2) is 0 Å². The maximum atomic E-state index is 8.89. The molecule has 0 fully saturated rings. The number of hydrogen-bond acceptors (Lipinski definition) is 6. The first kappa shape index (κ1) is 29.2. The molecule has 0 aliphatic carbocycles. The zero-order chi connectivity index (χ0) is 10.7. The number of carbonyl (C=O) groups excluding carboxylic acids is 3. The molecule has 0 unspecified atom stereocenters. The second-order valence-electron chi connectivity index (χ2n) is 1.47. The summed E-state index contributed by atoms with van der Waals surface area (Å²) in [7, 11) is 0. The van der Waals surface area contributed by atoms with E-state index >= 15 is 0 Å². The van der Waals surface area contributed by atoms with Crippen LogP contribution in [0.3, 0.4) is 0 Å². The standard InChI is InChI=1S/3C2H4O2.2Hg/c3*1-2(3)4;;/h3*1H3,(H,3,4);;/q;;;+1;+2/p-3. The Bertz CT molecular complexity index is 118. The molecule has 0 aliphatic heterocycles. The van der Waals surface area contributed by atoms with Gasteiger partial charge in [-0.15, -0.1) is 0 Å². The van der Waals surface area contributed by atoms with Gasteiger partial charge in [0.05, 0.1) is 0 Å². The molecule has 0 saturated heterocycles. The van der Waals surface area contributed by atoms with Crippen LogP contribution in [0.25, 0.3) is 0 Å². The minimum Gasteiger partial charge on any atom is -0.550 e. The summed E-state index contributed by atoms with van der Waals surface area (Å²) in [4.78, 5) is 26.7. The van der Waals surface area contributed by atoms with Crippen LogP contribution >= 0.6 is 0 Å². The van der Waals surface area contributed by atoms with Crippen molar-refractivity contribution in [3.05, 3.63) is 0 Å². The van der Waals surface area contributed by atoms with Gasteiger partial charge in [0.1, 0.15) is 0 Å². The summed E-state index contributed by atoms with van der Waals surface area (Å²) in [5, 5.41) is 26.7. The summed E-state index contributed by atoms with van der Waals surface area (Å²) >= 11 is 0. The Hall–Kier alpha value is 0.280. The molecule has 0 amide bonds. The van der Waals surface area contributed by atoms with E-state index in [4.69, 9.17) is 29.7 Å². The van der Waals surface area contributed by atoms with Gasteiger partial charge in [-0.05, 0) is 20.8 Å². The quantitative estimate of drug-likeness (QED) is 0.273. The van der Waals surface area contributed by atoms with Crippen LogP contribution in [0.15, 0.2) is 0 Å². The molecule has 0 atom stereocenters. The van der Waals surface area contributed by atoms with Crippen LogP contribution in [0.5, 0.6) is 0 Å². The summed E-state index contributed by atoms with van der Waals surface area (Å²) in [6, 6.07) is 0. The van der Waals surface area contributed by atoms with Crippen LogP contribution in [-0.2, 0) is 69.7 Å². The van der Waals surface area contributed by atoms with Crippen molar-refractivity contribution in [2.24, 2.45) is 0 Å². The predicted octanol–water partition coefficient (Wildman–Crippen LogP) is -3.74. The number of aliphatic carboxylic acids is 3. The van der Waals surface area contributed by atoms with Crippen molar-refractivity contribution in [3.63, 3.8) is 0 Å². The molecule has 0 aromatic rings. The Morgan fingerprint density at radius 1 is 0.714 bits per heavy atom. The number of hydrogen-bond donors (Lipinski definition) is 0. The van der Waals surface area contributed by atoms with Crippen molar-refractivity contribution < 1.29 is 85.0 Å². The van der Waals surface area contributed by atoms with E-state index in [1.807, 2.05) is 0 Å². The van der Waals surface area contributed by atoms with Crippen molar-refractivity contribution in [2.45, 2.75) is 20.8 Å². The Labute approximate surface area is 123 Å². The molecule has 0 rings (SSSR count). The number of carboxylic acid groups (broad SMARTS) is 3. The van der Waals surface area contributed by atoms with Gasteiger partial charge in [0.2, 0.25) is 0 Å². The number of rotatable bonds is 0. The maximum absolute atomic E-state index is 8.89. The zero-order valence-electron chi connectivity index (χ0n) is 8.36. The fourth-order valence-electron chi connectivity index (χ4n) is 0. The van der Waals surface area contributed by atoms with Gasteiger partial charge in [-0.25, -0.2) is 0 Å². The Kier molecular flexibility index (Phi) is 48.6. The van der Waals surface area contributed by atoms with Crippen LogP contribution in [-0.4, -0.2) is 17.9 Å². The number of carbonyl (C=O) groups is 3. The average Bonchev–Trinajstić information content (AvgIpc) is 1.54. The van der Waals surface area contributed by atoms with E-state index < -0.39 is 17.9 Å². The van der Waals surface area contributed by atoms with Gasteiger partial charge in [-0.1, -0.05) is 0 Å². The summed E-state index contributed by atoms with van der Waals surface area (Å²) in [6.07, 6.45) is 0. The fourth-order valence-corrected chi connectivity index (χ4v) is 0. The Morgan fingerprint density at radius 2 is 0.714 bits per heavy atom. The van der Waals surface area contributed by atoms with Crippen molar-refractivity contribution >= 4 is 17.9 Å². The van der Waals surface area contributed by atoms with Gasteiger partial charge in [0.25, 0.3) is 0 Å². The van der Waals surface area contributed by atoms with Crippen LogP contribution in [0.4, 0.5) is 0 Å². The SMILES string of the molecule is CC(=O)[O-].CC(=O)[O-].CC(=O)[O-].[Hg+2].[Hg+]. The van der Waals surface area contributed by atoms with Crippen molar-refractivity contribution in [3.8, 4) is 0 Å². The second-order valence-corrected chi connectivity index (χ2v) is 1.47. The van der Waals surface area contributed by atoms with Gasteiger partial charge in [0, 0.05) is 17.9 Å². The summed E-state index contributed by atoms with van der Waals surface area (Å²) in [5.74, 6) is -3.25. The third-order valence-electron chi connectivity index (χ3n) is 0. The normalized spacial score (nSPS) is 5.36. The molecule has 0 N–H and O–H groups in total. The van der Waals surface area contributed by atoms with E-state index in [2.05, 4.69) is 0 Å². The molecule has 0 heterocycles. The predicted molar refractivity (Wildman–Crippen MR) is 32.0 cm³/mol. The second kappa shape index (κ2) is 23.3. The molecule has 0 bridgehead atoms. The van der Waals surface area contributed by atoms with E-state index in [1.54, 1.807) is 0 Å². The van der Waals surface area contributed by atoms with Crippen molar-refractivity contribution in [2.75, 3.05) is 0 Å². The average molecular weight is 578 g/mol. The largest absolute Gasteiger partial charge is 2.00 e. The fraction of sp³-hybridized carbons (Fsp3) is 0.500. The number of carboxylic acids is 3. The van der Waals surface area contributed by atoms with Gasteiger partial charge < -0.3 is 29.7 Å². The monoisotopic (exact) mass is 581 g/mol. The first-order chi connectivity index (χ1) is 5.20. The van der Waals surface area contributed by atoms with E-state index in [0.717, 1.165) is 20.8 Å². The summed E-state index contributed by atoms with van der Waals surface area (Å²) < 4.78 is 0. The molecule has 6 nitrogen and oxygen atoms in total. The van der Waals surface area contributed by atoms with E-state index in [-0.39, 0.29) is 55.3 Å². The molecule has 0 spiro atoms. The van der Waals surface area contributed by atoms with E-state index in [9.17, 15) is 0 Å². The molecule has 1 radical (unpaired) electrons. The minimum absolute atomic E-state index is 0. The molecular weight excluding hydrogens is 569 g/mol. The molecular formula is C6H9Hg2O6. The van der Waals surface area contributed by atoms with Gasteiger partial charge in [-0.3, -0.25) is 0 Å². The van der Waals surface area contributed by atoms with E-state index in [1.165, 1.54) is 0 Å². The molecule has 14 heavy (non-hydrogen) atoms. The van der Waals surface area contributed by atoms with E-state index in [0.29, 0.717) is 0 Å². The van der Waals surface area contributed by atoms with Gasteiger partial charge in [-0.2, -0.15) is 0 Å². The van der Waals surface area contributed by atoms with Crippen LogP contribution in [0.2, 0.25) is 0 Å². The zero-order valence-corrected chi connectivity index (χ0v) is 19.4. The Morgan fingerprint density at radius 3 is 0.714 bits per heavy atom. The molecule has 73 valence electrons. The molecule has 0 saturated carbocycles. The van der Waals surface area contributed by atoms with Gasteiger partial charge >= 0.3 is 55.3 Å².